The number of carbonyl (C=O) groups is 1. The zero-order valence-electron chi connectivity index (χ0n) is 11.6. The van der Waals surface area contributed by atoms with Gasteiger partial charge in [0.1, 0.15) is 5.75 Å². The molecule has 1 N–H and O–H groups in total. The molecule has 0 radical (unpaired) electrons. The van der Waals surface area contributed by atoms with Crippen molar-refractivity contribution in [3.05, 3.63) is 29.3 Å². The molecule has 4 heteroatoms. The normalized spacial score (nSPS) is 27.9. The Kier molecular flexibility index (Phi) is 2.91. The van der Waals surface area contributed by atoms with Crippen LogP contribution in [0.15, 0.2) is 18.2 Å². The van der Waals surface area contributed by atoms with Gasteiger partial charge in [-0.1, -0.05) is 0 Å². The number of likely N-dealkylation sites (tertiary alicyclic amines) is 1. The Hall–Kier alpha value is -1.55. The molecule has 3 aliphatic heterocycles. The van der Waals surface area contributed by atoms with Gasteiger partial charge in [-0.3, -0.25) is 4.79 Å². The van der Waals surface area contributed by atoms with Crippen LogP contribution in [0, 0.1) is 0 Å². The maximum absolute atomic E-state index is 12.7. The van der Waals surface area contributed by atoms with Gasteiger partial charge in [0.05, 0.1) is 6.61 Å². The molecular weight excluding hydrogens is 252 g/mol. The van der Waals surface area contributed by atoms with Crippen LogP contribution in [0.5, 0.6) is 5.75 Å². The lowest BCUT2D eigenvalue weighted by atomic mass is 10.1. The van der Waals surface area contributed by atoms with Crippen LogP contribution in [0.25, 0.3) is 0 Å². The summed E-state index contributed by atoms with van der Waals surface area (Å²) in [7, 11) is 0. The molecule has 2 bridgehead atoms. The van der Waals surface area contributed by atoms with Crippen molar-refractivity contribution in [3.8, 4) is 5.75 Å². The Balaban J connectivity index is 1.54. The Morgan fingerprint density at radius 2 is 2.15 bits per heavy atom. The number of hydrogen-bond donors (Lipinski definition) is 1. The Bertz CT molecular complexity index is 543. The molecule has 3 aliphatic rings. The molecule has 0 spiro atoms. The minimum absolute atomic E-state index is 0.175. The summed E-state index contributed by atoms with van der Waals surface area (Å²) in [6.45, 7) is 2.47. The maximum atomic E-state index is 12.7. The van der Waals surface area contributed by atoms with Crippen molar-refractivity contribution >= 4 is 5.91 Å². The second kappa shape index (κ2) is 4.77. The van der Waals surface area contributed by atoms with Crippen molar-refractivity contribution in [3.63, 3.8) is 0 Å². The van der Waals surface area contributed by atoms with E-state index in [1.807, 2.05) is 23.1 Å². The van der Waals surface area contributed by atoms with Crippen LogP contribution in [0.4, 0.5) is 0 Å². The third-order valence-corrected chi connectivity index (χ3v) is 4.75. The summed E-state index contributed by atoms with van der Waals surface area (Å²) in [6.07, 6.45) is 4.47. The molecule has 106 valence electrons. The molecule has 0 aromatic heterocycles. The van der Waals surface area contributed by atoms with Crippen molar-refractivity contribution in [2.24, 2.45) is 0 Å². The van der Waals surface area contributed by atoms with E-state index in [1.54, 1.807) is 0 Å². The van der Waals surface area contributed by atoms with E-state index in [1.165, 1.54) is 18.4 Å². The number of nitrogens with zero attached hydrogens (tertiary/aromatic N) is 1. The van der Waals surface area contributed by atoms with E-state index in [0.717, 1.165) is 43.9 Å². The van der Waals surface area contributed by atoms with Crippen molar-refractivity contribution in [1.29, 1.82) is 0 Å². The lowest BCUT2D eigenvalue weighted by Crippen LogP contribution is -2.39. The molecule has 0 aliphatic carbocycles. The summed E-state index contributed by atoms with van der Waals surface area (Å²) in [5.41, 5.74) is 1.98. The Labute approximate surface area is 119 Å². The zero-order valence-corrected chi connectivity index (χ0v) is 11.6. The van der Waals surface area contributed by atoms with Crippen LogP contribution in [0.1, 0.15) is 35.2 Å². The second-order valence-electron chi connectivity index (χ2n) is 6.10. The zero-order chi connectivity index (χ0) is 13.5. The fourth-order valence-electron chi connectivity index (χ4n) is 3.63. The van der Waals surface area contributed by atoms with E-state index in [0.29, 0.717) is 12.1 Å². The lowest BCUT2D eigenvalue weighted by Gasteiger charge is -2.24. The summed E-state index contributed by atoms with van der Waals surface area (Å²) >= 11 is 0. The van der Waals surface area contributed by atoms with Gasteiger partial charge in [0.2, 0.25) is 0 Å². The van der Waals surface area contributed by atoms with Gasteiger partial charge < -0.3 is 15.0 Å². The first-order chi connectivity index (χ1) is 9.79. The third kappa shape index (κ3) is 2.08. The topological polar surface area (TPSA) is 41.6 Å². The maximum Gasteiger partial charge on any atom is 0.253 e. The Morgan fingerprint density at radius 3 is 3.10 bits per heavy atom. The molecule has 3 heterocycles. The third-order valence-electron chi connectivity index (χ3n) is 4.75. The van der Waals surface area contributed by atoms with Crippen molar-refractivity contribution in [1.82, 2.24) is 10.2 Å². The van der Waals surface area contributed by atoms with E-state index in [-0.39, 0.29) is 5.91 Å². The highest BCUT2D eigenvalue weighted by Gasteiger charge is 2.31. The standard InChI is InChI=1S/C16H20N2O2/c19-16(12-1-4-15-11(9-12)6-8-20-15)18-7-5-13-2-3-14(10-18)17-13/h1,4,9,13-14,17H,2-3,5-8,10H2. The fraction of sp³-hybridized carbons (Fsp3) is 0.562. The molecule has 0 saturated carbocycles. The summed E-state index contributed by atoms with van der Waals surface area (Å²) in [5, 5.41) is 3.62. The number of amides is 1. The van der Waals surface area contributed by atoms with Gasteiger partial charge in [0, 0.05) is 37.2 Å². The van der Waals surface area contributed by atoms with Crippen LogP contribution in [-0.2, 0) is 6.42 Å². The van der Waals surface area contributed by atoms with Gasteiger partial charge in [-0.25, -0.2) is 0 Å². The molecule has 2 unspecified atom stereocenters. The number of rotatable bonds is 1. The minimum atomic E-state index is 0.175. The van der Waals surface area contributed by atoms with E-state index in [2.05, 4.69) is 5.32 Å². The van der Waals surface area contributed by atoms with Crippen LogP contribution in [0.2, 0.25) is 0 Å². The van der Waals surface area contributed by atoms with E-state index in [9.17, 15) is 4.79 Å². The van der Waals surface area contributed by atoms with Crippen LogP contribution in [-0.4, -0.2) is 42.6 Å². The van der Waals surface area contributed by atoms with Crippen molar-refractivity contribution in [2.75, 3.05) is 19.7 Å². The number of carbonyl (C=O) groups excluding carboxylic acids is 1. The van der Waals surface area contributed by atoms with Crippen LogP contribution in [0.3, 0.4) is 0 Å². The largest absolute Gasteiger partial charge is 0.493 e. The van der Waals surface area contributed by atoms with Crippen LogP contribution >= 0.6 is 0 Å². The number of ether oxygens (including phenoxy) is 1. The lowest BCUT2D eigenvalue weighted by molar-refractivity contribution is 0.0748. The predicted octanol–water partition coefficient (Wildman–Crippen LogP) is 1.59. The summed E-state index contributed by atoms with van der Waals surface area (Å²) in [6, 6.07) is 6.97. The van der Waals surface area contributed by atoms with Gasteiger partial charge in [0.25, 0.3) is 5.91 Å². The molecule has 2 saturated heterocycles. The molecule has 2 fully saturated rings. The van der Waals surface area contributed by atoms with E-state index in [4.69, 9.17) is 4.74 Å². The molecule has 4 nitrogen and oxygen atoms in total. The smallest absolute Gasteiger partial charge is 0.253 e. The van der Waals surface area contributed by atoms with Gasteiger partial charge >= 0.3 is 0 Å². The highest BCUT2D eigenvalue weighted by molar-refractivity contribution is 5.94. The summed E-state index contributed by atoms with van der Waals surface area (Å²) < 4.78 is 5.50. The van der Waals surface area contributed by atoms with Crippen molar-refractivity contribution < 1.29 is 9.53 Å². The molecule has 1 aromatic carbocycles. The van der Waals surface area contributed by atoms with Gasteiger partial charge in [-0.05, 0) is 43.0 Å². The molecule has 2 atom stereocenters. The average molecular weight is 272 g/mol. The highest BCUT2D eigenvalue weighted by Crippen LogP contribution is 2.27. The molecule has 1 amide bonds. The van der Waals surface area contributed by atoms with Gasteiger partial charge in [-0.2, -0.15) is 0 Å². The number of fused-ring (bicyclic) bond motifs is 3. The minimum Gasteiger partial charge on any atom is -0.493 e. The first kappa shape index (κ1) is 12.2. The Morgan fingerprint density at radius 1 is 1.25 bits per heavy atom. The molecule has 4 rings (SSSR count). The van der Waals surface area contributed by atoms with Gasteiger partial charge in [-0.15, -0.1) is 0 Å². The van der Waals surface area contributed by atoms with Crippen molar-refractivity contribution in [2.45, 2.75) is 37.8 Å². The van der Waals surface area contributed by atoms with Crippen LogP contribution < -0.4 is 10.1 Å². The molecular formula is C16H20N2O2. The first-order valence-corrected chi connectivity index (χ1v) is 7.60. The van der Waals surface area contributed by atoms with E-state index < -0.39 is 0 Å². The van der Waals surface area contributed by atoms with E-state index >= 15 is 0 Å². The predicted molar refractivity (Wildman–Crippen MR) is 76.1 cm³/mol. The first-order valence-electron chi connectivity index (χ1n) is 7.60. The number of nitrogens with one attached hydrogen (secondary N) is 1. The average Bonchev–Trinajstić information content (AvgIpc) is 3.03. The summed E-state index contributed by atoms with van der Waals surface area (Å²) in [5.74, 6) is 1.12. The second-order valence-corrected chi connectivity index (χ2v) is 6.10. The highest BCUT2D eigenvalue weighted by atomic mass is 16.5. The van der Waals surface area contributed by atoms with Gasteiger partial charge in [0.15, 0.2) is 0 Å². The number of benzene rings is 1. The molecule has 1 aromatic rings. The SMILES string of the molecule is O=C(c1ccc2c(c1)CCO2)N1CCC2CCC(C1)N2. The fourth-order valence-corrected chi connectivity index (χ4v) is 3.63. The number of hydrogen-bond acceptors (Lipinski definition) is 3. The molecule has 20 heavy (non-hydrogen) atoms. The summed E-state index contributed by atoms with van der Waals surface area (Å²) in [4.78, 5) is 14.7. The monoisotopic (exact) mass is 272 g/mol. The quantitative estimate of drug-likeness (QED) is 0.844.